The summed E-state index contributed by atoms with van der Waals surface area (Å²) in [5.41, 5.74) is 0.0453. The third-order valence-corrected chi connectivity index (χ3v) is 2.35. The van der Waals surface area contributed by atoms with Gasteiger partial charge in [-0.2, -0.15) is 0 Å². The molecule has 82 valence electrons. The third-order valence-electron chi connectivity index (χ3n) is 2.35. The lowest BCUT2D eigenvalue weighted by atomic mass is 9.64. The van der Waals surface area contributed by atoms with Gasteiger partial charge in [0.25, 0.3) is 0 Å². The topological polar surface area (TPSA) is 17.1 Å². The zero-order chi connectivity index (χ0) is 11.6. The van der Waals surface area contributed by atoms with Crippen molar-refractivity contribution in [2.75, 3.05) is 0 Å². The fraction of sp³-hybridized carbons (Fsp3) is 0.769. The molecule has 0 saturated carbocycles. The maximum Gasteiger partial charge on any atom is 0.159 e. The highest BCUT2D eigenvalue weighted by Crippen LogP contribution is 2.40. The molecule has 0 spiro atoms. The molecule has 0 atom stereocenters. The Balaban J connectivity index is 5.04. The van der Waals surface area contributed by atoms with E-state index in [-0.39, 0.29) is 22.5 Å². The van der Waals surface area contributed by atoms with Crippen LogP contribution in [0.1, 0.15) is 48.5 Å². The fourth-order valence-electron chi connectivity index (χ4n) is 2.41. The van der Waals surface area contributed by atoms with E-state index >= 15 is 0 Å². The van der Waals surface area contributed by atoms with Gasteiger partial charge in [-0.3, -0.25) is 4.79 Å². The van der Waals surface area contributed by atoms with Crippen LogP contribution in [-0.2, 0) is 4.79 Å². The number of carbonyl (C=O) groups is 1. The molecule has 0 aliphatic carbocycles. The molecule has 0 unspecified atom stereocenters. The van der Waals surface area contributed by atoms with Crippen LogP contribution in [0.15, 0.2) is 12.2 Å². The molecule has 0 aromatic heterocycles. The molecule has 1 nitrogen and oxygen atoms in total. The van der Waals surface area contributed by atoms with Crippen LogP contribution in [0.2, 0.25) is 0 Å². The third kappa shape index (κ3) is 3.65. The van der Waals surface area contributed by atoms with Gasteiger partial charge in [0.1, 0.15) is 0 Å². The van der Waals surface area contributed by atoms with E-state index < -0.39 is 0 Å². The standard InChI is InChI=1S/C13H24O/c1-8-9-10(14)11(12(2,3)4)13(5,6)7/h8-9,11H,1-7H3. The second kappa shape index (κ2) is 4.29. The van der Waals surface area contributed by atoms with Gasteiger partial charge in [0, 0.05) is 5.92 Å². The van der Waals surface area contributed by atoms with Gasteiger partial charge in [-0.1, -0.05) is 47.6 Å². The number of hydrogen-bond acceptors (Lipinski definition) is 1. The summed E-state index contributed by atoms with van der Waals surface area (Å²) in [7, 11) is 0. The molecular weight excluding hydrogens is 172 g/mol. The Kier molecular flexibility index (Phi) is 4.11. The number of carbonyl (C=O) groups excluding carboxylic acids is 1. The lowest BCUT2D eigenvalue weighted by molar-refractivity contribution is -0.125. The summed E-state index contributed by atoms with van der Waals surface area (Å²) in [6.07, 6.45) is 3.52. The Bertz CT molecular complexity index is 209. The maximum atomic E-state index is 11.9. The van der Waals surface area contributed by atoms with Crippen LogP contribution >= 0.6 is 0 Å². The summed E-state index contributed by atoms with van der Waals surface area (Å²) >= 11 is 0. The summed E-state index contributed by atoms with van der Waals surface area (Å²) in [6, 6.07) is 0. The summed E-state index contributed by atoms with van der Waals surface area (Å²) in [6.45, 7) is 14.7. The Morgan fingerprint density at radius 2 is 1.36 bits per heavy atom. The van der Waals surface area contributed by atoms with Crippen molar-refractivity contribution in [2.24, 2.45) is 16.7 Å². The number of rotatable bonds is 2. The molecule has 0 radical (unpaired) electrons. The van der Waals surface area contributed by atoms with E-state index in [0.717, 1.165) is 0 Å². The van der Waals surface area contributed by atoms with E-state index in [9.17, 15) is 4.79 Å². The van der Waals surface area contributed by atoms with Gasteiger partial charge in [0.2, 0.25) is 0 Å². The lowest BCUT2D eigenvalue weighted by Gasteiger charge is -2.38. The average molecular weight is 196 g/mol. The molecule has 0 aromatic carbocycles. The van der Waals surface area contributed by atoms with Gasteiger partial charge >= 0.3 is 0 Å². The normalized spacial score (nSPS) is 14.0. The first kappa shape index (κ1) is 13.4. The first-order chi connectivity index (χ1) is 6.10. The van der Waals surface area contributed by atoms with Gasteiger partial charge in [0.15, 0.2) is 5.78 Å². The lowest BCUT2D eigenvalue weighted by Crippen LogP contribution is -2.38. The van der Waals surface area contributed by atoms with Crippen LogP contribution in [0, 0.1) is 16.7 Å². The van der Waals surface area contributed by atoms with Crippen molar-refractivity contribution < 1.29 is 4.79 Å². The molecule has 0 aromatic rings. The van der Waals surface area contributed by atoms with E-state index in [1.807, 2.05) is 13.0 Å². The van der Waals surface area contributed by atoms with E-state index in [0.29, 0.717) is 0 Å². The molecule has 0 N–H and O–H groups in total. The molecule has 0 rings (SSSR count). The van der Waals surface area contributed by atoms with Crippen molar-refractivity contribution in [1.82, 2.24) is 0 Å². The maximum absolute atomic E-state index is 11.9. The van der Waals surface area contributed by atoms with Crippen molar-refractivity contribution in [3.63, 3.8) is 0 Å². The molecular formula is C13H24O. The SMILES string of the molecule is CC=CC(=O)C(C(C)(C)C)C(C)(C)C. The van der Waals surface area contributed by atoms with Gasteiger partial charge in [-0.15, -0.1) is 0 Å². The molecule has 0 bridgehead atoms. The van der Waals surface area contributed by atoms with Crippen molar-refractivity contribution in [3.05, 3.63) is 12.2 Å². The van der Waals surface area contributed by atoms with Gasteiger partial charge in [-0.25, -0.2) is 0 Å². The molecule has 0 heterocycles. The van der Waals surface area contributed by atoms with Crippen LogP contribution in [0.5, 0.6) is 0 Å². The summed E-state index contributed by atoms with van der Waals surface area (Å²) in [4.78, 5) is 11.9. The minimum atomic E-state index is 0.0227. The van der Waals surface area contributed by atoms with E-state index in [1.54, 1.807) is 6.08 Å². The average Bonchev–Trinajstić information content (AvgIpc) is 1.78. The fourth-order valence-corrected chi connectivity index (χ4v) is 2.41. The van der Waals surface area contributed by atoms with E-state index in [4.69, 9.17) is 0 Å². The minimum absolute atomic E-state index is 0.0227. The van der Waals surface area contributed by atoms with Crippen LogP contribution in [0.4, 0.5) is 0 Å². The Morgan fingerprint density at radius 1 is 1.00 bits per heavy atom. The zero-order valence-electron chi connectivity index (χ0n) is 10.6. The zero-order valence-corrected chi connectivity index (χ0v) is 10.6. The second-order valence-electron chi connectivity index (χ2n) is 6.07. The van der Waals surface area contributed by atoms with Crippen LogP contribution in [0.3, 0.4) is 0 Å². The van der Waals surface area contributed by atoms with Crippen molar-refractivity contribution >= 4 is 5.78 Å². The highest BCUT2D eigenvalue weighted by atomic mass is 16.1. The van der Waals surface area contributed by atoms with Gasteiger partial charge in [-0.05, 0) is 23.8 Å². The monoisotopic (exact) mass is 196 g/mol. The van der Waals surface area contributed by atoms with Gasteiger partial charge < -0.3 is 0 Å². The second-order valence-corrected chi connectivity index (χ2v) is 6.07. The molecule has 0 amide bonds. The van der Waals surface area contributed by atoms with Crippen LogP contribution in [0.25, 0.3) is 0 Å². The predicted octanol–water partition coefficient (Wildman–Crippen LogP) is 3.84. The van der Waals surface area contributed by atoms with Crippen molar-refractivity contribution in [3.8, 4) is 0 Å². The van der Waals surface area contributed by atoms with E-state index in [1.165, 1.54) is 0 Å². The first-order valence-corrected chi connectivity index (χ1v) is 5.27. The summed E-state index contributed by atoms with van der Waals surface area (Å²) in [5, 5.41) is 0. The van der Waals surface area contributed by atoms with Crippen LogP contribution < -0.4 is 0 Å². The Labute approximate surface area is 88.6 Å². The number of ketones is 1. The first-order valence-electron chi connectivity index (χ1n) is 5.27. The van der Waals surface area contributed by atoms with Crippen molar-refractivity contribution in [2.45, 2.75) is 48.5 Å². The molecule has 0 saturated heterocycles. The Hall–Kier alpha value is -0.590. The summed E-state index contributed by atoms with van der Waals surface area (Å²) in [5.74, 6) is 0.318. The molecule has 1 heteroatoms. The predicted molar refractivity (Wildman–Crippen MR) is 62.2 cm³/mol. The van der Waals surface area contributed by atoms with Crippen LogP contribution in [-0.4, -0.2) is 5.78 Å². The quantitative estimate of drug-likeness (QED) is 0.613. The highest BCUT2D eigenvalue weighted by Gasteiger charge is 2.38. The van der Waals surface area contributed by atoms with E-state index in [2.05, 4.69) is 41.5 Å². The molecule has 0 fully saturated rings. The number of hydrogen-bond donors (Lipinski definition) is 0. The van der Waals surface area contributed by atoms with Crippen molar-refractivity contribution in [1.29, 1.82) is 0 Å². The molecule has 0 aliphatic heterocycles. The van der Waals surface area contributed by atoms with Gasteiger partial charge in [0.05, 0.1) is 0 Å². The smallest absolute Gasteiger partial charge is 0.159 e. The Morgan fingerprint density at radius 3 is 1.57 bits per heavy atom. The number of allylic oxidation sites excluding steroid dienone is 2. The largest absolute Gasteiger partial charge is 0.295 e. The summed E-state index contributed by atoms with van der Waals surface area (Å²) < 4.78 is 0. The minimum Gasteiger partial charge on any atom is -0.295 e. The molecule has 0 aliphatic rings. The highest BCUT2D eigenvalue weighted by molar-refractivity contribution is 5.92. The molecule has 14 heavy (non-hydrogen) atoms.